The highest BCUT2D eigenvalue weighted by Crippen LogP contribution is 2.30. The molecule has 0 aliphatic rings. The van der Waals surface area contributed by atoms with Gasteiger partial charge < -0.3 is 25.4 Å². The van der Waals surface area contributed by atoms with Crippen LogP contribution in [0.3, 0.4) is 0 Å². The number of benzene rings is 2. The minimum absolute atomic E-state index is 0.0716. The maximum absolute atomic E-state index is 12.3. The first-order valence-corrected chi connectivity index (χ1v) is 11.2. The molecule has 0 saturated carbocycles. The lowest BCUT2D eigenvalue weighted by Gasteiger charge is -2.10. The summed E-state index contributed by atoms with van der Waals surface area (Å²) in [4.78, 5) is 12.3. The summed E-state index contributed by atoms with van der Waals surface area (Å²) in [6, 6.07) is 10.6. The highest BCUT2D eigenvalue weighted by Gasteiger charge is 2.13. The Kier molecular flexibility index (Phi) is 8.38. The fourth-order valence-electron chi connectivity index (χ4n) is 2.66. The molecule has 0 unspecified atom stereocenters. The molecule has 1 aromatic heterocycles. The van der Waals surface area contributed by atoms with Crippen LogP contribution in [0.15, 0.2) is 51.1 Å². The molecule has 0 fully saturated rings. The zero-order valence-corrected chi connectivity index (χ0v) is 20.4. The van der Waals surface area contributed by atoms with Crippen molar-refractivity contribution in [1.82, 2.24) is 14.9 Å². The van der Waals surface area contributed by atoms with Crippen LogP contribution >= 0.6 is 27.7 Å². The van der Waals surface area contributed by atoms with Crippen molar-refractivity contribution in [3.05, 3.63) is 46.4 Å². The SMILES string of the molecule is COc1ccc(Br)cc1/C=N/Nc1nnc(SCC(=O)Nc2ccc(OC)c(OC)c2)n1N. The number of nitrogen functional groups attached to an aromatic ring is 1. The first kappa shape index (κ1) is 24.2. The van der Waals surface area contributed by atoms with E-state index in [2.05, 4.69) is 42.0 Å². The Hall–Kier alpha value is -3.45. The van der Waals surface area contributed by atoms with E-state index in [0.29, 0.717) is 28.1 Å². The molecule has 0 aliphatic carbocycles. The molecule has 0 radical (unpaired) electrons. The highest BCUT2D eigenvalue weighted by molar-refractivity contribution is 9.10. The van der Waals surface area contributed by atoms with Crippen molar-refractivity contribution in [3.8, 4) is 17.2 Å². The molecule has 0 aliphatic heterocycles. The molecule has 1 heterocycles. The van der Waals surface area contributed by atoms with Crippen LogP contribution < -0.4 is 30.8 Å². The van der Waals surface area contributed by atoms with Gasteiger partial charge in [0, 0.05) is 21.8 Å². The van der Waals surface area contributed by atoms with E-state index in [1.807, 2.05) is 18.2 Å². The second-order valence-electron chi connectivity index (χ2n) is 6.34. The maximum atomic E-state index is 12.3. The van der Waals surface area contributed by atoms with Gasteiger partial charge in [-0.2, -0.15) is 5.10 Å². The third-order valence-corrected chi connectivity index (χ3v) is 5.66. The third kappa shape index (κ3) is 6.29. The Labute approximate surface area is 202 Å². The van der Waals surface area contributed by atoms with E-state index in [-0.39, 0.29) is 17.6 Å². The summed E-state index contributed by atoms with van der Waals surface area (Å²) in [7, 11) is 4.65. The highest BCUT2D eigenvalue weighted by atomic mass is 79.9. The molecule has 11 nitrogen and oxygen atoms in total. The van der Waals surface area contributed by atoms with Gasteiger partial charge in [0.2, 0.25) is 11.1 Å². The summed E-state index contributed by atoms with van der Waals surface area (Å²) in [6.07, 6.45) is 1.57. The Morgan fingerprint density at radius 3 is 2.58 bits per heavy atom. The van der Waals surface area contributed by atoms with Gasteiger partial charge in [0.1, 0.15) is 5.75 Å². The average molecular weight is 536 g/mol. The van der Waals surface area contributed by atoms with Gasteiger partial charge in [0.15, 0.2) is 11.5 Å². The van der Waals surface area contributed by atoms with Crippen LogP contribution in [0, 0.1) is 0 Å². The predicted octanol–water partition coefficient (Wildman–Crippen LogP) is 2.96. The van der Waals surface area contributed by atoms with Crippen molar-refractivity contribution in [2.45, 2.75) is 5.16 Å². The molecule has 3 aromatic rings. The summed E-state index contributed by atoms with van der Waals surface area (Å²) in [6.45, 7) is 0. The Morgan fingerprint density at radius 2 is 1.85 bits per heavy atom. The lowest BCUT2D eigenvalue weighted by Crippen LogP contribution is -2.17. The number of methoxy groups -OCH3 is 3. The molecule has 1 amide bonds. The number of ether oxygens (including phenoxy) is 3. The normalized spacial score (nSPS) is 10.8. The Bertz CT molecular complexity index is 1160. The van der Waals surface area contributed by atoms with Crippen molar-refractivity contribution in [1.29, 1.82) is 0 Å². The van der Waals surface area contributed by atoms with Crippen LogP contribution in [-0.4, -0.2) is 54.1 Å². The number of nitrogens with one attached hydrogen (secondary N) is 2. The standard InChI is InChI=1S/C20H22BrN7O4S/c1-30-15-6-4-13(21)8-12(15)10-23-25-19-26-27-20(28(19)22)33-11-18(29)24-14-5-7-16(31-2)17(9-14)32-3/h4-10H,11,22H2,1-3H3,(H,24,29)(H,25,26)/b23-10+. The third-order valence-electron chi connectivity index (χ3n) is 4.22. The molecular weight excluding hydrogens is 514 g/mol. The van der Waals surface area contributed by atoms with Gasteiger partial charge in [0.05, 0.1) is 33.3 Å². The van der Waals surface area contributed by atoms with Gasteiger partial charge >= 0.3 is 0 Å². The number of hydrazone groups is 1. The zero-order chi connectivity index (χ0) is 23.8. The number of halogens is 1. The lowest BCUT2D eigenvalue weighted by atomic mass is 10.2. The van der Waals surface area contributed by atoms with E-state index < -0.39 is 0 Å². The van der Waals surface area contributed by atoms with Gasteiger partial charge in [-0.3, -0.25) is 4.79 Å². The van der Waals surface area contributed by atoms with E-state index in [1.165, 1.54) is 11.8 Å². The lowest BCUT2D eigenvalue weighted by molar-refractivity contribution is -0.113. The summed E-state index contributed by atoms with van der Waals surface area (Å²) in [5.41, 5.74) is 4.06. The Morgan fingerprint density at radius 1 is 1.12 bits per heavy atom. The summed E-state index contributed by atoms with van der Waals surface area (Å²) >= 11 is 4.54. The number of carbonyl (C=O) groups is 1. The van der Waals surface area contributed by atoms with E-state index in [9.17, 15) is 4.79 Å². The van der Waals surface area contributed by atoms with E-state index >= 15 is 0 Å². The molecule has 174 valence electrons. The van der Waals surface area contributed by atoms with E-state index in [4.69, 9.17) is 20.1 Å². The zero-order valence-electron chi connectivity index (χ0n) is 18.0. The number of thioether (sulfide) groups is 1. The topological polar surface area (TPSA) is 138 Å². The number of carbonyl (C=O) groups excluding carboxylic acids is 1. The van der Waals surface area contributed by atoms with Crippen molar-refractivity contribution in [2.24, 2.45) is 5.10 Å². The van der Waals surface area contributed by atoms with Gasteiger partial charge in [-0.25, -0.2) is 10.1 Å². The predicted molar refractivity (Wildman–Crippen MR) is 131 cm³/mol. The summed E-state index contributed by atoms with van der Waals surface area (Å²) in [5.74, 6) is 7.80. The van der Waals surface area contributed by atoms with Gasteiger partial charge in [-0.05, 0) is 30.3 Å². The first-order chi connectivity index (χ1) is 15.9. The first-order valence-electron chi connectivity index (χ1n) is 9.43. The molecular formula is C20H22BrN7O4S. The number of aromatic nitrogens is 3. The smallest absolute Gasteiger partial charge is 0.264 e. The largest absolute Gasteiger partial charge is 0.496 e. The number of rotatable bonds is 10. The quantitative estimate of drug-likeness (QED) is 0.155. The number of hydrogen-bond acceptors (Lipinski definition) is 10. The molecule has 0 bridgehead atoms. The van der Waals surface area contributed by atoms with Crippen molar-refractivity contribution in [3.63, 3.8) is 0 Å². The Balaban J connectivity index is 1.57. The van der Waals surface area contributed by atoms with Crippen LogP contribution in [0.4, 0.5) is 11.6 Å². The summed E-state index contributed by atoms with van der Waals surface area (Å²) < 4.78 is 17.8. The van der Waals surface area contributed by atoms with Crippen molar-refractivity contribution < 1.29 is 19.0 Å². The minimum atomic E-state index is -0.246. The van der Waals surface area contributed by atoms with Crippen LogP contribution in [0.25, 0.3) is 0 Å². The van der Waals surface area contributed by atoms with E-state index in [0.717, 1.165) is 21.8 Å². The molecule has 3 rings (SSSR count). The molecule has 4 N–H and O–H groups in total. The van der Waals surface area contributed by atoms with E-state index in [1.54, 1.807) is 38.6 Å². The fraction of sp³-hybridized carbons (Fsp3) is 0.200. The molecule has 0 spiro atoms. The molecule has 13 heteroatoms. The fourth-order valence-corrected chi connectivity index (χ4v) is 3.69. The van der Waals surface area contributed by atoms with Crippen molar-refractivity contribution >= 4 is 51.4 Å². The van der Waals surface area contributed by atoms with Crippen LogP contribution in [0.2, 0.25) is 0 Å². The van der Waals surface area contributed by atoms with Crippen LogP contribution in [-0.2, 0) is 4.79 Å². The van der Waals surface area contributed by atoms with Gasteiger partial charge in [-0.1, -0.05) is 27.7 Å². The second kappa shape index (κ2) is 11.4. The van der Waals surface area contributed by atoms with Gasteiger partial charge in [-0.15, -0.1) is 10.2 Å². The molecule has 2 aromatic carbocycles. The van der Waals surface area contributed by atoms with Gasteiger partial charge in [0.25, 0.3) is 5.95 Å². The monoisotopic (exact) mass is 535 g/mol. The maximum Gasteiger partial charge on any atom is 0.264 e. The summed E-state index contributed by atoms with van der Waals surface area (Å²) in [5, 5.41) is 15.2. The second-order valence-corrected chi connectivity index (χ2v) is 8.20. The average Bonchev–Trinajstić information content (AvgIpc) is 3.17. The molecule has 33 heavy (non-hydrogen) atoms. The number of nitrogens with zero attached hydrogens (tertiary/aromatic N) is 4. The number of nitrogens with two attached hydrogens (primary N) is 1. The van der Waals surface area contributed by atoms with Crippen molar-refractivity contribution in [2.75, 3.05) is 43.7 Å². The number of amides is 1. The van der Waals surface area contributed by atoms with Crippen LogP contribution in [0.5, 0.6) is 17.2 Å². The number of anilines is 2. The molecule has 0 atom stereocenters. The minimum Gasteiger partial charge on any atom is -0.496 e. The number of hydrogen-bond donors (Lipinski definition) is 3. The molecule has 0 saturated heterocycles. The van der Waals surface area contributed by atoms with Crippen LogP contribution in [0.1, 0.15) is 5.56 Å².